The fourth-order valence-electron chi connectivity index (χ4n) is 1.33. The Balaban J connectivity index is 2.25. The van der Waals surface area contributed by atoms with Gasteiger partial charge in [-0.1, -0.05) is 0 Å². The van der Waals surface area contributed by atoms with Gasteiger partial charge in [0.15, 0.2) is 5.82 Å². The zero-order valence-corrected chi connectivity index (χ0v) is 9.09. The first-order valence-electron chi connectivity index (χ1n) is 4.10. The Hall–Kier alpha value is -0.690. The molecule has 0 unspecified atom stereocenters. The molecule has 1 saturated carbocycles. The molecule has 0 aliphatic heterocycles. The predicted octanol–water partition coefficient (Wildman–Crippen LogP) is -0.146. The van der Waals surface area contributed by atoms with Crippen LogP contribution in [0.5, 0.6) is 0 Å². The summed E-state index contributed by atoms with van der Waals surface area (Å²) < 4.78 is 23.1. The Kier molecular flexibility index (Phi) is 2.04. The molecule has 0 saturated heterocycles. The van der Waals surface area contributed by atoms with Gasteiger partial charge in [0.05, 0.1) is 4.75 Å². The maximum Gasteiger partial charge on any atom is 0.238 e. The highest BCUT2D eigenvalue weighted by Gasteiger charge is 2.54. The van der Waals surface area contributed by atoms with Crippen molar-refractivity contribution in [3.8, 4) is 0 Å². The van der Waals surface area contributed by atoms with E-state index in [9.17, 15) is 8.42 Å². The van der Waals surface area contributed by atoms with E-state index in [1.54, 1.807) is 7.05 Å². The van der Waals surface area contributed by atoms with Crippen molar-refractivity contribution in [2.24, 2.45) is 7.05 Å². The van der Waals surface area contributed by atoms with E-state index >= 15 is 0 Å². The van der Waals surface area contributed by atoms with E-state index < -0.39 is 13.8 Å². The van der Waals surface area contributed by atoms with Crippen LogP contribution in [0.4, 0.5) is 0 Å². The molecule has 1 fully saturated rings. The molecule has 0 radical (unpaired) electrons. The van der Waals surface area contributed by atoms with Gasteiger partial charge in [0.2, 0.25) is 9.05 Å². The monoisotopic (exact) mass is 236 g/mol. The van der Waals surface area contributed by atoms with Gasteiger partial charge in [0.1, 0.15) is 0 Å². The maximum absolute atomic E-state index is 11.2. The van der Waals surface area contributed by atoms with E-state index in [1.165, 1.54) is 4.68 Å². The minimum Gasteiger partial charge on any atom is -0.233 e. The molecule has 0 amide bonds. The number of hydrogen-bond donors (Lipinski definition) is 0. The van der Waals surface area contributed by atoms with E-state index in [0.717, 1.165) is 0 Å². The lowest BCUT2D eigenvalue weighted by molar-refractivity contribution is 0.582. The summed E-state index contributed by atoms with van der Waals surface area (Å²) in [7, 11) is 3.50. The molecule has 2 rings (SSSR count). The molecule has 0 spiro atoms. The highest BCUT2D eigenvalue weighted by Crippen LogP contribution is 2.47. The van der Waals surface area contributed by atoms with Crippen LogP contribution in [0.2, 0.25) is 0 Å². The van der Waals surface area contributed by atoms with E-state index in [1.807, 2.05) is 0 Å². The summed E-state index contributed by atoms with van der Waals surface area (Å²) in [5, 5.41) is 10.8. The summed E-state index contributed by atoms with van der Waals surface area (Å²) in [6.07, 6.45) is 1.47. The molecule has 14 heavy (non-hydrogen) atoms. The maximum atomic E-state index is 11.2. The fraction of sp³-hybridized carbons (Fsp3) is 0.833. The first-order valence-corrected chi connectivity index (χ1v) is 6.41. The first kappa shape index (κ1) is 9.85. The second-order valence-electron chi connectivity index (χ2n) is 3.52. The Morgan fingerprint density at radius 1 is 1.57 bits per heavy atom. The van der Waals surface area contributed by atoms with Crippen LogP contribution in [0.3, 0.4) is 0 Å². The van der Waals surface area contributed by atoms with Gasteiger partial charge in [-0.3, -0.25) is 0 Å². The SMILES string of the molecule is Cn1nnnc1CC1(S(=O)(=O)Cl)CC1. The van der Waals surface area contributed by atoms with Crippen LogP contribution in [0, 0.1) is 0 Å². The number of aryl methyl sites for hydroxylation is 1. The van der Waals surface area contributed by atoms with Crippen molar-refractivity contribution in [3.05, 3.63) is 5.82 Å². The van der Waals surface area contributed by atoms with Crippen LogP contribution in [0.15, 0.2) is 0 Å². The van der Waals surface area contributed by atoms with Gasteiger partial charge >= 0.3 is 0 Å². The van der Waals surface area contributed by atoms with E-state index in [-0.39, 0.29) is 0 Å². The summed E-state index contributed by atoms with van der Waals surface area (Å²) >= 11 is 0. The van der Waals surface area contributed by atoms with Crippen LogP contribution < -0.4 is 0 Å². The van der Waals surface area contributed by atoms with Gasteiger partial charge in [-0.2, -0.15) is 0 Å². The Bertz CT molecular complexity index is 450. The second kappa shape index (κ2) is 2.90. The second-order valence-corrected chi connectivity index (χ2v) is 6.48. The highest BCUT2D eigenvalue weighted by molar-refractivity contribution is 8.15. The smallest absolute Gasteiger partial charge is 0.233 e. The Morgan fingerprint density at radius 2 is 2.21 bits per heavy atom. The van der Waals surface area contributed by atoms with Crippen molar-refractivity contribution in [1.82, 2.24) is 20.2 Å². The van der Waals surface area contributed by atoms with Gasteiger partial charge < -0.3 is 0 Å². The lowest BCUT2D eigenvalue weighted by atomic mass is 10.3. The van der Waals surface area contributed by atoms with Gasteiger partial charge in [0.25, 0.3) is 0 Å². The number of hydrogen-bond acceptors (Lipinski definition) is 5. The fourth-order valence-corrected chi connectivity index (χ4v) is 2.85. The third-order valence-electron chi connectivity index (χ3n) is 2.51. The summed E-state index contributed by atoms with van der Waals surface area (Å²) in [4.78, 5) is 0. The molecular weight excluding hydrogens is 228 g/mol. The summed E-state index contributed by atoms with van der Waals surface area (Å²) in [5.41, 5.74) is 0. The quantitative estimate of drug-likeness (QED) is 0.683. The molecule has 1 aromatic rings. The van der Waals surface area contributed by atoms with E-state index in [2.05, 4.69) is 15.5 Å². The van der Waals surface area contributed by atoms with Crippen molar-refractivity contribution in [2.45, 2.75) is 24.0 Å². The predicted molar refractivity (Wildman–Crippen MR) is 49.2 cm³/mol. The van der Waals surface area contributed by atoms with Crippen molar-refractivity contribution in [1.29, 1.82) is 0 Å². The molecular formula is C6H9ClN4O2S. The van der Waals surface area contributed by atoms with Crippen molar-refractivity contribution >= 4 is 19.7 Å². The summed E-state index contributed by atoms with van der Waals surface area (Å²) in [6.45, 7) is 0. The molecule has 0 N–H and O–H groups in total. The molecule has 6 nitrogen and oxygen atoms in total. The van der Waals surface area contributed by atoms with Crippen LogP contribution >= 0.6 is 10.7 Å². The van der Waals surface area contributed by atoms with Crippen LogP contribution in [-0.2, 0) is 22.5 Å². The van der Waals surface area contributed by atoms with Crippen LogP contribution in [0.1, 0.15) is 18.7 Å². The average molecular weight is 237 g/mol. The molecule has 0 bridgehead atoms. The van der Waals surface area contributed by atoms with Crippen molar-refractivity contribution in [2.75, 3.05) is 0 Å². The number of aromatic nitrogens is 4. The molecule has 0 aromatic carbocycles. The third-order valence-corrected chi connectivity index (χ3v) is 5.08. The molecule has 1 heterocycles. The first-order chi connectivity index (χ1) is 6.45. The van der Waals surface area contributed by atoms with E-state index in [0.29, 0.717) is 25.1 Å². The van der Waals surface area contributed by atoms with Crippen molar-refractivity contribution < 1.29 is 8.42 Å². The van der Waals surface area contributed by atoms with Crippen molar-refractivity contribution in [3.63, 3.8) is 0 Å². The number of tetrazole rings is 1. The number of halogens is 1. The molecule has 8 heteroatoms. The summed E-state index contributed by atoms with van der Waals surface area (Å²) in [6, 6.07) is 0. The van der Waals surface area contributed by atoms with Gasteiger partial charge in [-0.25, -0.2) is 13.1 Å². The molecule has 78 valence electrons. The summed E-state index contributed by atoms with van der Waals surface area (Å²) in [5.74, 6) is 0.548. The molecule has 1 aromatic heterocycles. The van der Waals surface area contributed by atoms with Crippen LogP contribution in [-0.4, -0.2) is 33.4 Å². The lowest BCUT2D eigenvalue weighted by Gasteiger charge is -2.08. The van der Waals surface area contributed by atoms with Gasteiger partial charge in [0, 0.05) is 24.2 Å². The zero-order valence-electron chi connectivity index (χ0n) is 7.51. The number of nitrogens with zero attached hydrogens (tertiary/aromatic N) is 4. The average Bonchev–Trinajstić information content (AvgIpc) is 2.73. The topological polar surface area (TPSA) is 77.7 Å². The minimum absolute atomic E-state index is 0.294. The largest absolute Gasteiger partial charge is 0.238 e. The highest BCUT2D eigenvalue weighted by atomic mass is 35.7. The van der Waals surface area contributed by atoms with E-state index in [4.69, 9.17) is 10.7 Å². The van der Waals surface area contributed by atoms with Gasteiger partial charge in [-0.15, -0.1) is 5.10 Å². The normalized spacial score (nSPS) is 19.6. The van der Waals surface area contributed by atoms with Gasteiger partial charge in [-0.05, 0) is 23.3 Å². The third kappa shape index (κ3) is 1.50. The standard InChI is InChI=1S/C6H9ClN4O2S/c1-11-5(8-9-10-11)4-6(2-3-6)14(7,12)13/h2-4H2,1H3. The molecule has 1 aliphatic carbocycles. The minimum atomic E-state index is -3.52. The Labute approximate surface area is 85.7 Å². The number of rotatable bonds is 3. The zero-order chi connectivity index (χ0) is 10.4. The molecule has 0 atom stereocenters. The Morgan fingerprint density at radius 3 is 2.57 bits per heavy atom. The molecule has 1 aliphatic rings. The lowest BCUT2D eigenvalue weighted by Crippen LogP contribution is -2.23. The van der Waals surface area contributed by atoms with Crippen LogP contribution in [0.25, 0.3) is 0 Å².